The van der Waals surface area contributed by atoms with Crippen molar-refractivity contribution in [1.29, 1.82) is 0 Å². The number of aliphatic hydroxyl groups excluding tert-OH is 1. The molecule has 2 heterocycles. The van der Waals surface area contributed by atoms with E-state index in [1.54, 1.807) is 11.8 Å². The Kier molecular flexibility index (Phi) is 4.33. The first-order valence-electron chi connectivity index (χ1n) is 6.72. The molecule has 1 unspecified atom stereocenters. The molecule has 1 aliphatic rings. The molecule has 0 aliphatic carbocycles. The van der Waals surface area contributed by atoms with E-state index < -0.39 is 11.0 Å². The van der Waals surface area contributed by atoms with Crippen LogP contribution in [-0.4, -0.2) is 45.7 Å². The van der Waals surface area contributed by atoms with Crippen LogP contribution in [0, 0.1) is 17.0 Å². The molecule has 2 N–H and O–H groups in total. The van der Waals surface area contributed by atoms with Crippen LogP contribution in [0.15, 0.2) is 0 Å². The van der Waals surface area contributed by atoms with Crippen molar-refractivity contribution in [2.24, 2.45) is 0 Å². The minimum absolute atomic E-state index is 0.0823. The number of nitrogens with zero attached hydrogens (tertiary/aromatic N) is 4. The summed E-state index contributed by atoms with van der Waals surface area (Å²) >= 11 is 0. The fourth-order valence-corrected chi connectivity index (χ4v) is 2.24. The second-order valence-electron chi connectivity index (χ2n) is 4.88. The summed E-state index contributed by atoms with van der Waals surface area (Å²) in [6.07, 6.45) is 1.05. The fraction of sp³-hybridized carbons (Fsp3) is 0.667. The van der Waals surface area contributed by atoms with Gasteiger partial charge in [0.1, 0.15) is 5.69 Å². The molecule has 2 rings (SSSR count). The van der Waals surface area contributed by atoms with Crippen LogP contribution in [0.4, 0.5) is 17.5 Å². The van der Waals surface area contributed by atoms with Crippen LogP contribution in [0.2, 0.25) is 0 Å². The van der Waals surface area contributed by atoms with E-state index in [0.717, 1.165) is 6.42 Å². The van der Waals surface area contributed by atoms with Gasteiger partial charge in [0.15, 0.2) is 0 Å². The van der Waals surface area contributed by atoms with Crippen molar-refractivity contribution in [3.63, 3.8) is 0 Å². The van der Waals surface area contributed by atoms with Gasteiger partial charge in [-0.3, -0.25) is 10.1 Å². The molecular weight excluding hydrogens is 262 g/mol. The lowest BCUT2D eigenvalue weighted by Gasteiger charge is -2.18. The zero-order chi connectivity index (χ0) is 14.7. The summed E-state index contributed by atoms with van der Waals surface area (Å²) in [6.45, 7) is 5.26. The monoisotopic (exact) mass is 281 g/mol. The quantitative estimate of drug-likeness (QED) is 0.614. The largest absolute Gasteiger partial charge is 0.391 e. The molecule has 0 saturated carbocycles. The topological polar surface area (TPSA) is 104 Å². The van der Waals surface area contributed by atoms with Gasteiger partial charge in [0.2, 0.25) is 11.8 Å². The molecule has 1 atom stereocenters. The summed E-state index contributed by atoms with van der Waals surface area (Å²) in [4.78, 5) is 20.9. The van der Waals surface area contributed by atoms with Gasteiger partial charge in [0.05, 0.1) is 11.0 Å². The predicted molar refractivity (Wildman–Crippen MR) is 75.0 cm³/mol. The summed E-state index contributed by atoms with van der Waals surface area (Å²) < 4.78 is 0. The summed E-state index contributed by atoms with van der Waals surface area (Å²) in [7, 11) is 0. The maximum Gasteiger partial charge on any atom is 0.332 e. The SMILES string of the molecule is CCCNc1nc(C)c([N+](=O)[O-])c(N2CCC(O)C2)n1. The molecular formula is C12H19N5O3. The molecule has 110 valence electrons. The molecule has 0 amide bonds. The maximum absolute atomic E-state index is 11.2. The van der Waals surface area contributed by atoms with Crippen LogP contribution in [0.1, 0.15) is 25.5 Å². The third-order valence-corrected chi connectivity index (χ3v) is 3.22. The minimum atomic E-state index is -0.461. The van der Waals surface area contributed by atoms with Crippen LogP contribution in [0.25, 0.3) is 0 Å². The van der Waals surface area contributed by atoms with Crippen molar-refractivity contribution in [3.8, 4) is 0 Å². The number of nitrogens with one attached hydrogen (secondary N) is 1. The normalized spacial score (nSPS) is 18.4. The second kappa shape index (κ2) is 6.00. The maximum atomic E-state index is 11.2. The number of aryl methyl sites for hydroxylation is 1. The van der Waals surface area contributed by atoms with Crippen molar-refractivity contribution in [2.45, 2.75) is 32.8 Å². The fourth-order valence-electron chi connectivity index (χ4n) is 2.24. The number of β-amino-alcohol motifs (C(OH)–C–C–N with tert-alkyl or cyclic N) is 1. The molecule has 8 heteroatoms. The number of hydrogen-bond acceptors (Lipinski definition) is 7. The molecule has 8 nitrogen and oxygen atoms in total. The van der Waals surface area contributed by atoms with Gasteiger partial charge in [0, 0.05) is 19.6 Å². The van der Waals surface area contributed by atoms with Gasteiger partial charge in [-0.1, -0.05) is 6.92 Å². The molecule has 1 aliphatic heterocycles. The number of anilines is 2. The third kappa shape index (κ3) is 2.96. The average molecular weight is 281 g/mol. The lowest BCUT2D eigenvalue weighted by atomic mass is 10.3. The van der Waals surface area contributed by atoms with E-state index in [-0.39, 0.29) is 11.5 Å². The van der Waals surface area contributed by atoms with Gasteiger partial charge < -0.3 is 15.3 Å². The molecule has 1 aromatic heterocycles. The summed E-state index contributed by atoms with van der Waals surface area (Å²) in [5, 5.41) is 23.9. The summed E-state index contributed by atoms with van der Waals surface area (Å²) in [5.74, 6) is 0.684. The van der Waals surface area contributed by atoms with Crippen molar-refractivity contribution in [1.82, 2.24) is 9.97 Å². The first kappa shape index (κ1) is 14.4. The van der Waals surface area contributed by atoms with Crippen molar-refractivity contribution in [2.75, 3.05) is 29.9 Å². The van der Waals surface area contributed by atoms with Crippen LogP contribution in [0.3, 0.4) is 0 Å². The van der Waals surface area contributed by atoms with Crippen molar-refractivity contribution < 1.29 is 10.0 Å². The van der Waals surface area contributed by atoms with E-state index in [4.69, 9.17) is 0 Å². The van der Waals surface area contributed by atoms with E-state index in [0.29, 0.717) is 37.7 Å². The van der Waals surface area contributed by atoms with Gasteiger partial charge in [-0.05, 0) is 19.8 Å². The third-order valence-electron chi connectivity index (χ3n) is 3.22. The van der Waals surface area contributed by atoms with Crippen LogP contribution >= 0.6 is 0 Å². The highest BCUT2D eigenvalue weighted by molar-refractivity contribution is 5.63. The van der Waals surface area contributed by atoms with Crippen LogP contribution in [0.5, 0.6) is 0 Å². The highest BCUT2D eigenvalue weighted by Crippen LogP contribution is 2.31. The van der Waals surface area contributed by atoms with Gasteiger partial charge in [-0.25, -0.2) is 4.98 Å². The molecule has 0 spiro atoms. The number of rotatable bonds is 5. The Labute approximate surface area is 117 Å². The van der Waals surface area contributed by atoms with E-state index in [2.05, 4.69) is 15.3 Å². The number of aromatic nitrogens is 2. The smallest absolute Gasteiger partial charge is 0.332 e. The van der Waals surface area contributed by atoms with Crippen LogP contribution in [-0.2, 0) is 0 Å². The lowest BCUT2D eigenvalue weighted by molar-refractivity contribution is -0.385. The zero-order valence-corrected chi connectivity index (χ0v) is 11.7. The Balaban J connectivity index is 2.39. The summed E-state index contributed by atoms with van der Waals surface area (Å²) in [5.41, 5.74) is 0.251. The molecule has 0 radical (unpaired) electrons. The molecule has 1 saturated heterocycles. The van der Waals surface area contributed by atoms with E-state index in [9.17, 15) is 15.2 Å². The zero-order valence-electron chi connectivity index (χ0n) is 11.7. The van der Waals surface area contributed by atoms with E-state index in [1.165, 1.54) is 0 Å². The Bertz CT molecular complexity index is 508. The number of nitro groups is 1. The van der Waals surface area contributed by atoms with Crippen LogP contribution < -0.4 is 10.2 Å². The molecule has 0 bridgehead atoms. The Morgan fingerprint density at radius 2 is 2.30 bits per heavy atom. The Morgan fingerprint density at radius 3 is 2.85 bits per heavy atom. The van der Waals surface area contributed by atoms with Crippen molar-refractivity contribution in [3.05, 3.63) is 15.8 Å². The van der Waals surface area contributed by atoms with E-state index >= 15 is 0 Å². The molecule has 1 fully saturated rings. The van der Waals surface area contributed by atoms with Crippen molar-refractivity contribution >= 4 is 17.5 Å². The van der Waals surface area contributed by atoms with Gasteiger partial charge >= 0.3 is 5.69 Å². The van der Waals surface area contributed by atoms with Gasteiger partial charge in [-0.2, -0.15) is 4.98 Å². The standard InChI is InChI=1S/C12H19N5O3/c1-3-5-13-12-14-8(2)10(17(19)20)11(15-12)16-6-4-9(18)7-16/h9,18H,3-7H2,1-2H3,(H,13,14,15). The first-order valence-corrected chi connectivity index (χ1v) is 6.72. The Morgan fingerprint density at radius 1 is 1.55 bits per heavy atom. The average Bonchev–Trinajstić information content (AvgIpc) is 2.81. The molecule has 1 aromatic rings. The van der Waals surface area contributed by atoms with Gasteiger partial charge in [0.25, 0.3) is 0 Å². The minimum Gasteiger partial charge on any atom is -0.391 e. The molecule has 0 aromatic carbocycles. The highest BCUT2D eigenvalue weighted by atomic mass is 16.6. The lowest BCUT2D eigenvalue weighted by Crippen LogP contribution is -2.24. The second-order valence-corrected chi connectivity index (χ2v) is 4.88. The first-order chi connectivity index (χ1) is 9.52. The highest BCUT2D eigenvalue weighted by Gasteiger charge is 2.30. The van der Waals surface area contributed by atoms with E-state index in [1.807, 2.05) is 6.92 Å². The number of aliphatic hydroxyl groups is 1. The summed E-state index contributed by atoms with van der Waals surface area (Å²) in [6, 6.07) is 0. The predicted octanol–water partition coefficient (Wildman–Crippen LogP) is 1.09. The van der Waals surface area contributed by atoms with Gasteiger partial charge in [-0.15, -0.1) is 0 Å². The molecule has 20 heavy (non-hydrogen) atoms. The Hall–Kier alpha value is -1.96. The number of hydrogen-bond donors (Lipinski definition) is 2.